The van der Waals surface area contributed by atoms with Crippen molar-refractivity contribution in [2.75, 3.05) is 39.6 Å². The number of benzene rings is 1. The number of thiocarbonyl (C=S) groups is 1. The lowest BCUT2D eigenvalue weighted by molar-refractivity contribution is 0.119. The summed E-state index contributed by atoms with van der Waals surface area (Å²) in [5, 5.41) is 4.17. The average Bonchev–Trinajstić information content (AvgIpc) is 2.53. The Kier molecular flexibility index (Phi) is 6.92. The molecule has 1 N–H and O–H groups in total. The normalized spacial score (nSPS) is 16.0. The Morgan fingerprint density at radius 3 is 2.81 bits per heavy atom. The fourth-order valence-corrected chi connectivity index (χ4v) is 2.62. The van der Waals surface area contributed by atoms with Crippen molar-refractivity contribution in [1.29, 1.82) is 0 Å². The van der Waals surface area contributed by atoms with Gasteiger partial charge in [0, 0.05) is 26.3 Å². The molecule has 1 aromatic carbocycles. The SMILES string of the molecule is CCOCCCN1CN(CCc2ccccc2)CNC1=S. The molecule has 1 fully saturated rings. The molecule has 5 heteroatoms. The first-order chi connectivity index (χ1) is 10.3. The highest BCUT2D eigenvalue weighted by molar-refractivity contribution is 7.80. The lowest BCUT2D eigenvalue weighted by Gasteiger charge is -2.38. The molecule has 0 spiro atoms. The Morgan fingerprint density at radius 2 is 2.05 bits per heavy atom. The van der Waals surface area contributed by atoms with E-state index in [4.69, 9.17) is 17.0 Å². The number of rotatable bonds is 8. The van der Waals surface area contributed by atoms with Gasteiger partial charge in [-0.25, -0.2) is 0 Å². The molecular weight excluding hydrogens is 282 g/mol. The summed E-state index contributed by atoms with van der Waals surface area (Å²) in [4.78, 5) is 4.62. The van der Waals surface area contributed by atoms with Gasteiger partial charge in [0.05, 0.1) is 13.3 Å². The molecular formula is C16H25N3OS. The highest BCUT2D eigenvalue weighted by atomic mass is 32.1. The fraction of sp³-hybridized carbons (Fsp3) is 0.562. The maximum Gasteiger partial charge on any atom is 0.170 e. The van der Waals surface area contributed by atoms with Gasteiger partial charge in [-0.15, -0.1) is 0 Å². The van der Waals surface area contributed by atoms with Crippen molar-refractivity contribution in [1.82, 2.24) is 15.1 Å². The van der Waals surface area contributed by atoms with E-state index in [-0.39, 0.29) is 0 Å². The summed E-state index contributed by atoms with van der Waals surface area (Å²) in [5.41, 5.74) is 1.38. The minimum absolute atomic E-state index is 0.784. The Morgan fingerprint density at radius 1 is 1.24 bits per heavy atom. The van der Waals surface area contributed by atoms with Gasteiger partial charge in [0.25, 0.3) is 0 Å². The molecule has 21 heavy (non-hydrogen) atoms. The zero-order valence-corrected chi connectivity index (χ0v) is 13.6. The van der Waals surface area contributed by atoms with E-state index in [9.17, 15) is 0 Å². The summed E-state index contributed by atoms with van der Waals surface area (Å²) in [5.74, 6) is 0. The number of nitrogens with one attached hydrogen (secondary N) is 1. The second kappa shape index (κ2) is 8.97. The molecule has 116 valence electrons. The van der Waals surface area contributed by atoms with Gasteiger partial charge >= 0.3 is 0 Å². The number of nitrogens with zero attached hydrogens (tertiary/aromatic N) is 2. The van der Waals surface area contributed by atoms with Crippen molar-refractivity contribution in [3.63, 3.8) is 0 Å². The number of ether oxygens (including phenoxy) is 1. The maximum atomic E-state index is 5.39. The predicted octanol–water partition coefficient (Wildman–Crippen LogP) is 2.06. The molecule has 0 aliphatic carbocycles. The summed E-state index contributed by atoms with van der Waals surface area (Å²) >= 11 is 5.38. The smallest absolute Gasteiger partial charge is 0.170 e. The van der Waals surface area contributed by atoms with E-state index in [1.165, 1.54) is 5.56 Å². The molecule has 0 amide bonds. The summed E-state index contributed by atoms with van der Waals surface area (Å²) < 4.78 is 5.39. The van der Waals surface area contributed by atoms with Crippen LogP contribution in [0, 0.1) is 0 Å². The van der Waals surface area contributed by atoms with Crippen LogP contribution >= 0.6 is 12.2 Å². The lowest BCUT2D eigenvalue weighted by Crippen LogP contribution is -2.56. The fourth-order valence-electron chi connectivity index (χ4n) is 2.40. The number of hydrogen-bond donors (Lipinski definition) is 1. The zero-order chi connectivity index (χ0) is 14.9. The van der Waals surface area contributed by atoms with Crippen molar-refractivity contribution in [2.24, 2.45) is 0 Å². The monoisotopic (exact) mass is 307 g/mol. The van der Waals surface area contributed by atoms with Crippen LogP contribution in [0.5, 0.6) is 0 Å². The molecule has 0 bridgehead atoms. The molecule has 0 aromatic heterocycles. The van der Waals surface area contributed by atoms with E-state index in [2.05, 4.69) is 45.4 Å². The van der Waals surface area contributed by atoms with E-state index in [1.54, 1.807) is 0 Å². The molecule has 1 aliphatic rings. The molecule has 1 aliphatic heterocycles. The molecule has 2 rings (SSSR count). The van der Waals surface area contributed by atoms with Crippen molar-refractivity contribution < 1.29 is 4.74 Å². The largest absolute Gasteiger partial charge is 0.382 e. The second-order valence-corrected chi connectivity index (χ2v) is 5.61. The lowest BCUT2D eigenvalue weighted by atomic mass is 10.1. The average molecular weight is 307 g/mol. The standard InChI is InChI=1S/C16H25N3OS/c1-2-20-12-6-10-19-14-18(13-17-16(19)21)11-9-15-7-4-3-5-8-15/h3-5,7-8H,2,6,9-14H2,1H3,(H,17,21). The topological polar surface area (TPSA) is 27.7 Å². The van der Waals surface area contributed by atoms with Crippen LogP contribution in [0.2, 0.25) is 0 Å². The molecule has 0 atom stereocenters. The predicted molar refractivity (Wildman–Crippen MR) is 90.1 cm³/mol. The van der Waals surface area contributed by atoms with Crippen molar-refractivity contribution in [3.8, 4) is 0 Å². The zero-order valence-electron chi connectivity index (χ0n) is 12.8. The minimum atomic E-state index is 0.784. The van der Waals surface area contributed by atoms with Crippen LogP contribution in [0.1, 0.15) is 18.9 Å². The van der Waals surface area contributed by atoms with Crippen LogP contribution in [0.15, 0.2) is 30.3 Å². The first-order valence-electron chi connectivity index (χ1n) is 7.66. The van der Waals surface area contributed by atoms with Gasteiger partial charge < -0.3 is 15.0 Å². The van der Waals surface area contributed by atoms with Crippen LogP contribution in [0.25, 0.3) is 0 Å². The molecule has 1 aromatic rings. The van der Waals surface area contributed by atoms with Crippen LogP contribution in [0.4, 0.5) is 0 Å². The molecule has 4 nitrogen and oxygen atoms in total. The van der Waals surface area contributed by atoms with Crippen molar-refractivity contribution in [2.45, 2.75) is 19.8 Å². The summed E-state index contributed by atoms with van der Waals surface area (Å²) in [7, 11) is 0. The van der Waals surface area contributed by atoms with Crippen LogP contribution in [-0.4, -0.2) is 54.6 Å². The third kappa shape index (κ3) is 5.61. The van der Waals surface area contributed by atoms with Gasteiger partial charge in [0.2, 0.25) is 0 Å². The summed E-state index contributed by atoms with van der Waals surface area (Å²) in [6, 6.07) is 10.6. The van der Waals surface area contributed by atoms with Gasteiger partial charge in [-0.05, 0) is 37.5 Å². The van der Waals surface area contributed by atoms with E-state index in [0.717, 1.165) is 57.6 Å². The Bertz CT molecular complexity index is 427. The first-order valence-corrected chi connectivity index (χ1v) is 8.07. The summed E-state index contributed by atoms with van der Waals surface area (Å²) in [6.45, 7) is 7.36. The Balaban J connectivity index is 1.73. The van der Waals surface area contributed by atoms with E-state index in [0.29, 0.717) is 0 Å². The van der Waals surface area contributed by atoms with Gasteiger partial charge in [0.15, 0.2) is 5.11 Å². The van der Waals surface area contributed by atoms with Crippen molar-refractivity contribution >= 4 is 17.3 Å². The third-order valence-corrected chi connectivity index (χ3v) is 3.99. The highest BCUT2D eigenvalue weighted by Gasteiger charge is 2.19. The first kappa shape index (κ1) is 16.2. The van der Waals surface area contributed by atoms with Crippen LogP contribution < -0.4 is 5.32 Å². The quantitative estimate of drug-likeness (QED) is 0.586. The Labute approximate surface area is 133 Å². The minimum Gasteiger partial charge on any atom is -0.382 e. The van der Waals surface area contributed by atoms with Crippen LogP contribution in [0.3, 0.4) is 0 Å². The Hall–Kier alpha value is -1.17. The third-order valence-electron chi connectivity index (χ3n) is 3.59. The molecule has 0 unspecified atom stereocenters. The highest BCUT2D eigenvalue weighted by Crippen LogP contribution is 2.06. The van der Waals surface area contributed by atoms with Gasteiger partial charge in [0.1, 0.15) is 0 Å². The molecule has 1 saturated heterocycles. The molecule has 0 saturated carbocycles. The van der Waals surface area contributed by atoms with Crippen LogP contribution in [-0.2, 0) is 11.2 Å². The van der Waals surface area contributed by atoms with E-state index < -0.39 is 0 Å². The van der Waals surface area contributed by atoms with E-state index in [1.807, 2.05) is 6.92 Å². The number of hydrogen-bond acceptors (Lipinski definition) is 3. The van der Waals surface area contributed by atoms with Gasteiger partial charge in [-0.3, -0.25) is 4.90 Å². The van der Waals surface area contributed by atoms with Gasteiger partial charge in [-0.2, -0.15) is 0 Å². The maximum absolute atomic E-state index is 5.39. The van der Waals surface area contributed by atoms with Crippen molar-refractivity contribution in [3.05, 3.63) is 35.9 Å². The second-order valence-electron chi connectivity index (χ2n) is 5.23. The molecule has 1 heterocycles. The van der Waals surface area contributed by atoms with E-state index >= 15 is 0 Å². The van der Waals surface area contributed by atoms with Gasteiger partial charge in [-0.1, -0.05) is 30.3 Å². The molecule has 0 radical (unpaired) electrons. The summed E-state index contributed by atoms with van der Waals surface area (Å²) in [6.07, 6.45) is 2.09.